The molecule has 0 spiro atoms. The second-order valence-electron chi connectivity index (χ2n) is 9.70. The van der Waals surface area contributed by atoms with Gasteiger partial charge in [-0.25, -0.2) is 14.6 Å². The summed E-state index contributed by atoms with van der Waals surface area (Å²) in [4.78, 5) is 36.1. The lowest BCUT2D eigenvalue weighted by Gasteiger charge is -2.35. The molecule has 2 unspecified atom stereocenters. The maximum atomic E-state index is 12.8. The van der Waals surface area contributed by atoms with Crippen molar-refractivity contribution in [2.24, 2.45) is 0 Å². The van der Waals surface area contributed by atoms with Gasteiger partial charge in [0.15, 0.2) is 11.9 Å². The Bertz CT molecular complexity index is 1430. The Morgan fingerprint density at radius 1 is 1.07 bits per heavy atom. The van der Waals surface area contributed by atoms with E-state index in [2.05, 4.69) is 31.0 Å². The third-order valence-electron chi connectivity index (χ3n) is 6.53. The highest BCUT2D eigenvalue weighted by atomic mass is 79.9. The number of benzene rings is 1. The van der Waals surface area contributed by atoms with Crippen molar-refractivity contribution in [2.75, 3.05) is 51.4 Å². The molecule has 1 saturated heterocycles. The van der Waals surface area contributed by atoms with Crippen molar-refractivity contribution in [1.82, 2.24) is 24.6 Å². The predicted octanol–water partition coefficient (Wildman–Crippen LogP) is 2.37. The zero-order valence-electron chi connectivity index (χ0n) is 23.3. The number of aliphatic hydroxyl groups excluding tert-OH is 1. The number of ether oxygens (including phenoxy) is 3. The molecule has 2 aromatic heterocycles. The summed E-state index contributed by atoms with van der Waals surface area (Å²) in [6.45, 7) is 2.73. The summed E-state index contributed by atoms with van der Waals surface area (Å²) in [5.41, 5.74) is -0.460. The molecule has 1 fully saturated rings. The number of carbonyl (C=O) groups is 1. The molecule has 1 N–H and O–H groups in total. The number of aliphatic hydroxyl groups is 1. The largest absolute Gasteiger partial charge is 0.497 e. The number of carbonyl (C=O) groups excluding carboxylic acids is 1. The summed E-state index contributed by atoms with van der Waals surface area (Å²) in [5, 5.41) is 14.5. The van der Waals surface area contributed by atoms with E-state index < -0.39 is 29.9 Å². The van der Waals surface area contributed by atoms with E-state index in [9.17, 15) is 27.9 Å². The lowest BCUT2D eigenvalue weighted by atomic mass is 10.2. The van der Waals surface area contributed by atoms with Gasteiger partial charge in [-0.1, -0.05) is 12.1 Å². The maximum absolute atomic E-state index is 12.8. The van der Waals surface area contributed by atoms with Crippen molar-refractivity contribution in [3.63, 3.8) is 0 Å². The average Bonchev–Trinajstić information content (AvgIpc) is 3.00. The monoisotopic (exact) mass is 670 g/mol. The number of alkyl halides is 3. The third-order valence-corrected chi connectivity index (χ3v) is 7.26. The summed E-state index contributed by atoms with van der Waals surface area (Å²) in [6, 6.07) is 7.26. The Balaban J connectivity index is 1.20. The smallest absolute Gasteiger partial charge is 0.419 e. The minimum absolute atomic E-state index is 0.0186. The number of nitrogens with zero attached hydrogens (tertiary/aromatic N) is 6. The highest BCUT2D eigenvalue weighted by Gasteiger charge is 2.32. The molecule has 0 radical (unpaired) electrons. The van der Waals surface area contributed by atoms with Gasteiger partial charge in [0.25, 0.3) is 11.5 Å². The van der Waals surface area contributed by atoms with Crippen LogP contribution in [0.4, 0.5) is 19.1 Å². The molecule has 3 heterocycles. The number of hydrogen-bond donors (Lipinski definition) is 1. The number of piperazine rings is 1. The molecule has 232 valence electrons. The van der Waals surface area contributed by atoms with Gasteiger partial charge in [-0.05, 0) is 40.5 Å². The van der Waals surface area contributed by atoms with E-state index in [0.717, 1.165) is 18.0 Å². The van der Waals surface area contributed by atoms with Crippen LogP contribution in [-0.2, 0) is 22.3 Å². The zero-order valence-corrected chi connectivity index (χ0v) is 24.9. The van der Waals surface area contributed by atoms with Crippen LogP contribution in [0.3, 0.4) is 0 Å². The van der Waals surface area contributed by atoms with Gasteiger partial charge in [-0.3, -0.25) is 9.59 Å². The van der Waals surface area contributed by atoms with Crippen LogP contribution in [-0.4, -0.2) is 94.4 Å². The van der Waals surface area contributed by atoms with E-state index in [0.29, 0.717) is 5.75 Å². The van der Waals surface area contributed by atoms with Gasteiger partial charge in [0, 0.05) is 38.6 Å². The Hall–Kier alpha value is -3.76. The summed E-state index contributed by atoms with van der Waals surface area (Å²) in [6.07, 6.45) is -3.62. The van der Waals surface area contributed by atoms with Crippen LogP contribution in [0, 0.1) is 0 Å². The molecule has 12 nitrogen and oxygen atoms in total. The van der Waals surface area contributed by atoms with Crippen LogP contribution in [0.15, 0.2) is 52.1 Å². The number of methoxy groups -OCH3 is 1. The molecule has 1 aromatic carbocycles. The maximum Gasteiger partial charge on any atom is 0.419 e. The van der Waals surface area contributed by atoms with Crippen LogP contribution < -0.4 is 19.9 Å². The van der Waals surface area contributed by atoms with Crippen LogP contribution in [0.2, 0.25) is 0 Å². The SMILES string of the molecule is COc1ccc(Cn2ncc(OC(C)COCC(O)C(=O)N3CCN(c4ncc(C(F)(F)F)cn4)CC3)c(Br)c2=O)cc1. The van der Waals surface area contributed by atoms with E-state index in [1.165, 1.54) is 15.8 Å². The second kappa shape index (κ2) is 14.1. The van der Waals surface area contributed by atoms with Crippen LogP contribution in [0.5, 0.6) is 11.5 Å². The Kier molecular flexibility index (Phi) is 10.6. The molecule has 43 heavy (non-hydrogen) atoms. The quantitative estimate of drug-likeness (QED) is 0.324. The molecule has 1 aliphatic heterocycles. The van der Waals surface area contributed by atoms with Crippen molar-refractivity contribution in [1.29, 1.82) is 0 Å². The molecule has 1 amide bonds. The van der Waals surface area contributed by atoms with Gasteiger partial charge in [-0.2, -0.15) is 18.3 Å². The van der Waals surface area contributed by atoms with E-state index in [4.69, 9.17) is 14.2 Å². The predicted molar refractivity (Wildman–Crippen MR) is 151 cm³/mol. The van der Waals surface area contributed by atoms with Gasteiger partial charge < -0.3 is 29.1 Å². The van der Waals surface area contributed by atoms with Crippen molar-refractivity contribution in [3.05, 3.63) is 68.8 Å². The molecule has 16 heteroatoms. The van der Waals surface area contributed by atoms with E-state index >= 15 is 0 Å². The lowest BCUT2D eigenvalue weighted by Crippen LogP contribution is -2.52. The summed E-state index contributed by atoms with van der Waals surface area (Å²) in [5.74, 6) is 0.525. The minimum atomic E-state index is -4.52. The van der Waals surface area contributed by atoms with Gasteiger partial charge >= 0.3 is 6.18 Å². The fourth-order valence-corrected chi connectivity index (χ4v) is 4.59. The zero-order chi connectivity index (χ0) is 31.1. The van der Waals surface area contributed by atoms with E-state index in [-0.39, 0.29) is 67.7 Å². The van der Waals surface area contributed by atoms with Crippen molar-refractivity contribution in [3.8, 4) is 11.5 Å². The van der Waals surface area contributed by atoms with Gasteiger partial charge in [-0.15, -0.1) is 0 Å². The Labute approximate surface area is 253 Å². The molecule has 0 saturated carbocycles. The number of anilines is 1. The number of rotatable bonds is 11. The minimum Gasteiger partial charge on any atom is -0.497 e. The number of aromatic nitrogens is 4. The van der Waals surface area contributed by atoms with Gasteiger partial charge in [0.1, 0.15) is 16.3 Å². The fourth-order valence-electron chi connectivity index (χ4n) is 4.18. The number of hydrogen-bond acceptors (Lipinski definition) is 10. The summed E-state index contributed by atoms with van der Waals surface area (Å²) in [7, 11) is 1.57. The molecule has 0 bridgehead atoms. The fraction of sp³-hybridized carbons (Fsp3) is 0.444. The van der Waals surface area contributed by atoms with Gasteiger partial charge in [0.2, 0.25) is 5.95 Å². The van der Waals surface area contributed by atoms with Crippen LogP contribution >= 0.6 is 15.9 Å². The molecular formula is C27H30BrF3N6O6. The first-order valence-corrected chi connectivity index (χ1v) is 14.0. The highest BCUT2D eigenvalue weighted by molar-refractivity contribution is 9.10. The van der Waals surface area contributed by atoms with Crippen LogP contribution in [0.25, 0.3) is 0 Å². The standard InChI is InChI=1S/C27H30BrF3N6O6/c1-17(43-22-13-34-37(25(40)23(22)28)14-18-3-5-20(41-2)6-4-18)15-42-16-21(38)24(39)35-7-9-36(10-8-35)26-32-11-19(12-33-26)27(29,30)31/h3-6,11-13,17,21,38H,7-10,14-16H2,1-2H3. The second-order valence-corrected chi connectivity index (χ2v) is 10.5. The number of amides is 1. The van der Waals surface area contributed by atoms with Crippen molar-refractivity contribution < 1.29 is 37.3 Å². The molecule has 3 aromatic rings. The average molecular weight is 671 g/mol. The third kappa shape index (κ3) is 8.42. The molecular weight excluding hydrogens is 641 g/mol. The lowest BCUT2D eigenvalue weighted by molar-refractivity contribution is -0.144. The van der Waals surface area contributed by atoms with E-state index in [1.54, 1.807) is 31.1 Å². The highest BCUT2D eigenvalue weighted by Crippen LogP contribution is 2.28. The van der Waals surface area contributed by atoms with E-state index in [1.807, 2.05) is 12.1 Å². The first kappa shape index (κ1) is 32.2. The Morgan fingerprint density at radius 2 is 1.72 bits per heavy atom. The molecule has 0 aliphatic carbocycles. The van der Waals surface area contributed by atoms with Crippen molar-refractivity contribution in [2.45, 2.75) is 31.9 Å². The normalized spacial score (nSPS) is 15.2. The number of halogens is 4. The van der Waals surface area contributed by atoms with Crippen molar-refractivity contribution >= 4 is 27.8 Å². The molecule has 4 rings (SSSR count). The molecule has 1 aliphatic rings. The van der Waals surface area contributed by atoms with Gasteiger partial charge in [0.05, 0.1) is 38.6 Å². The first-order valence-electron chi connectivity index (χ1n) is 13.2. The first-order chi connectivity index (χ1) is 20.5. The topological polar surface area (TPSA) is 132 Å². The Morgan fingerprint density at radius 3 is 2.33 bits per heavy atom. The molecule has 2 atom stereocenters. The summed E-state index contributed by atoms with van der Waals surface area (Å²) < 4.78 is 56.1. The summed E-state index contributed by atoms with van der Waals surface area (Å²) >= 11 is 3.27. The van der Waals surface area contributed by atoms with Crippen LogP contribution in [0.1, 0.15) is 18.1 Å².